The van der Waals surface area contributed by atoms with Crippen molar-refractivity contribution in [2.24, 2.45) is 0 Å². The summed E-state index contributed by atoms with van der Waals surface area (Å²) in [5.74, 6) is 2.51. The summed E-state index contributed by atoms with van der Waals surface area (Å²) in [4.78, 5) is 12.4. The molecule has 1 amide bonds. The van der Waals surface area contributed by atoms with E-state index in [1.165, 1.54) is 14.2 Å². The molecule has 7 heteroatoms. The van der Waals surface area contributed by atoms with E-state index in [0.29, 0.717) is 28.7 Å². The van der Waals surface area contributed by atoms with Gasteiger partial charge in [-0.3, -0.25) is 4.79 Å². The number of methoxy groups -OCH3 is 4. The predicted molar refractivity (Wildman–Crippen MR) is 101 cm³/mol. The van der Waals surface area contributed by atoms with Crippen LogP contribution in [0.25, 0.3) is 0 Å². The molecule has 0 aliphatic carbocycles. The van der Waals surface area contributed by atoms with Gasteiger partial charge in [-0.05, 0) is 31.2 Å². The van der Waals surface area contributed by atoms with Gasteiger partial charge in [0, 0.05) is 18.2 Å². The Morgan fingerprint density at radius 1 is 0.926 bits per heavy atom. The van der Waals surface area contributed by atoms with E-state index in [1.807, 2.05) is 6.07 Å². The third-order valence-electron chi connectivity index (χ3n) is 3.96. The Hall–Kier alpha value is -3.09. The first-order chi connectivity index (χ1) is 13.0. The molecule has 0 aromatic heterocycles. The van der Waals surface area contributed by atoms with Crippen LogP contribution in [0.15, 0.2) is 36.4 Å². The minimum absolute atomic E-state index is 0.255. The molecule has 0 aliphatic heterocycles. The lowest BCUT2D eigenvalue weighted by Gasteiger charge is -2.18. The third kappa shape index (κ3) is 4.97. The van der Waals surface area contributed by atoms with Crippen molar-refractivity contribution in [1.29, 1.82) is 0 Å². The van der Waals surface area contributed by atoms with Crippen molar-refractivity contribution >= 4 is 5.91 Å². The van der Waals surface area contributed by atoms with Gasteiger partial charge in [0.05, 0.1) is 28.4 Å². The van der Waals surface area contributed by atoms with Gasteiger partial charge in [0.2, 0.25) is 5.75 Å². The van der Waals surface area contributed by atoms with Crippen molar-refractivity contribution in [3.05, 3.63) is 42.0 Å². The number of rotatable bonds is 9. The Morgan fingerprint density at radius 2 is 1.63 bits per heavy atom. The van der Waals surface area contributed by atoms with Crippen LogP contribution < -0.4 is 29.0 Å². The average Bonchev–Trinajstić information content (AvgIpc) is 2.70. The summed E-state index contributed by atoms with van der Waals surface area (Å²) in [5.41, 5.74) is 0.761. The van der Waals surface area contributed by atoms with Crippen LogP contribution in [0.4, 0.5) is 0 Å². The number of amides is 1. The van der Waals surface area contributed by atoms with Crippen LogP contribution in [-0.2, 0) is 11.3 Å². The van der Waals surface area contributed by atoms with E-state index in [2.05, 4.69) is 5.32 Å². The molecule has 2 rings (SSSR count). The SMILES string of the molecule is COc1cccc(OC(C)C(=O)NCc2ccc(OC)c(OC)c2OC)c1. The molecule has 0 fully saturated rings. The van der Waals surface area contributed by atoms with Crippen molar-refractivity contribution in [3.8, 4) is 28.7 Å². The van der Waals surface area contributed by atoms with Gasteiger partial charge in [0.15, 0.2) is 17.6 Å². The third-order valence-corrected chi connectivity index (χ3v) is 3.96. The fraction of sp³-hybridized carbons (Fsp3) is 0.350. The molecule has 0 saturated heterocycles. The maximum absolute atomic E-state index is 12.4. The second-order valence-electron chi connectivity index (χ2n) is 5.65. The van der Waals surface area contributed by atoms with Gasteiger partial charge in [-0.15, -0.1) is 0 Å². The highest BCUT2D eigenvalue weighted by Gasteiger charge is 2.19. The first kappa shape index (κ1) is 20.2. The molecule has 2 aromatic rings. The van der Waals surface area contributed by atoms with E-state index >= 15 is 0 Å². The molecule has 0 aliphatic rings. The Kier molecular flexibility index (Phi) is 7.16. The lowest BCUT2D eigenvalue weighted by atomic mass is 10.1. The summed E-state index contributed by atoms with van der Waals surface area (Å²) in [5, 5.41) is 2.84. The standard InChI is InChI=1S/C20H25NO6/c1-13(27-16-8-6-7-15(11-16)23-2)20(22)21-12-14-9-10-17(24-3)19(26-5)18(14)25-4/h6-11,13H,12H2,1-5H3,(H,21,22). The molecular formula is C20H25NO6. The van der Waals surface area contributed by atoms with Gasteiger partial charge in [-0.25, -0.2) is 0 Å². The molecule has 0 bridgehead atoms. The molecule has 2 aromatic carbocycles. The Balaban J connectivity index is 2.04. The molecule has 146 valence electrons. The summed E-state index contributed by atoms with van der Waals surface area (Å²) in [6, 6.07) is 10.7. The number of hydrogen-bond acceptors (Lipinski definition) is 6. The normalized spacial score (nSPS) is 11.3. The Morgan fingerprint density at radius 3 is 2.26 bits per heavy atom. The monoisotopic (exact) mass is 375 g/mol. The highest BCUT2D eigenvalue weighted by molar-refractivity contribution is 5.80. The smallest absolute Gasteiger partial charge is 0.261 e. The molecular weight excluding hydrogens is 350 g/mol. The van der Waals surface area contributed by atoms with Gasteiger partial charge in [0.1, 0.15) is 11.5 Å². The molecule has 1 N–H and O–H groups in total. The van der Waals surface area contributed by atoms with E-state index in [0.717, 1.165) is 5.56 Å². The predicted octanol–water partition coefficient (Wildman–Crippen LogP) is 2.80. The average molecular weight is 375 g/mol. The second kappa shape index (κ2) is 9.56. The highest BCUT2D eigenvalue weighted by Crippen LogP contribution is 2.39. The van der Waals surface area contributed by atoms with Crippen LogP contribution in [0.2, 0.25) is 0 Å². The zero-order valence-electron chi connectivity index (χ0n) is 16.2. The van der Waals surface area contributed by atoms with Gasteiger partial charge in [0.25, 0.3) is 5.91 Å². The number of carbonyl (C=O) groups excluding carboxylic acids is 1. The van der Waals surface area contributed by atoms with E-state index in [4.69, 9.17) is 23.7 Å². The fourth-order valence-corrected chi connectivity index (χ4v) is 2.56. The largest absolute Gasteiger partial charge is 0.497 e. The van der Waals surface area contributed by atoms with Crippen molar-refractivity contribution in [2.75, 3.05) is 28.4 Å². The maximum atomic E-state index is 12.4. The van der Waals surface area contributed by atoms with Crippen LogP contribution >= 0.6 is 0 Å². The molecule has 1 atom stereocenters. The lowest BCUT2D eigenvalue weighted by molar-refractivity contribution is -0.127. The molecule has 0 radical (unpaired) electrons. The van der Waals surface area contributed by atoms with Gasteiger partial charge >= 0.3 is 0 Å². The molecule has 0 saturated carbocycles. The highest BCUT2D eigenvalue weighted by atomic mass is 16.5. The summed E-state index contributed by atoms with van der Waals surface area (Å²) >= 11 is 0. The molecule has 0 spiro atoms. The van der Waals surface area contributed by atoms with Crippen LogP contribution in [0, 0.1) is 0 Å². The van der Waals surface area contributed by atoms with Crippen molar-refractivity contribution in [3.63, 3.8) is 0 Å². The topological polar surface area (TPSA) is 75.3 Å². The number of hydrogen-bond donors (Lipinski definition) is 1. The van der Waals surface area contributed by atoms with Crippen LogP contribution in [-0.4, -0.2) is 40.5 Å². The minimum atomic E-state index is -0.678. The van der Waals surface area contributed by atoms with Crippen LogP contribution in [0.5, 0.6) is 28.7 Å². The zero-order chi connectivity index (χ0) is 19.8. The van der Waals surface area contributed by atoms with Crippen molar-refractivity contribution in [2.45, 2.75) is 19.6 Å². The van der Waals surface area contributed by atoms with Crippen LogP contribution in [0.1, 0.15) is 12.5 Å². The quantitative estimate of drug-likeness (QED) is 0.726. The van der Waals surface area contributed by atoms with Gasteiger partial charge in [-0.2, -0.15) is 0 Å². The zero-order valence-corrected chi connectivity index (χ0v) is 16.2. The summed E-state index contributed by atoms with van der Waals surface area (Å²) in [7, 11) is 6.20. The number of ether oxygens (including phenoxy) is 5. The van der Waals surface area contributed by atoms with Crippen LogP contribution in [0.3, 0.4) is 0 Å². The van der Waals surface area contributed by atoms with E-state index in [9.17, 15) is 4.79 Å². The molecule has 0 heterocycles. The summed E-state index contributed by atoms with van der Waals surface area (Å²) in [6.07, 6.45) is -0.678. The van der Waals surface area contributed by atoms with Crippen molar-refractivity contribution in [1.82, 2.24) is 5.32 Å². The first-order valence-electron chi connectivity index (χ1n) is 8.40. The molecule has 1 unspecified atom stereocenters. The summed E-state index contributed by atoms with van der Waals surface area (Å²) in [6.45, 7) is 1.94. The van der Waals surface area contributed by atoms with E-state index in [1.54, 1.807) is 51.5 Å². The van der Waals surface area contributed by atoms with E-state index < -0.39 is 6.10 Å². The molecule has 7 nitrogen and oxygen atoms in total. The number of benzene rings is 2. The first-order valence-corrected chi connectivity index (χ1v) is 8.40. The number of carbonyl (C=O) groups is 1. The van der Waals surface area contributed by atoms with E-state index in [-0.39, 0.29) is 12.5 Å². The van der Waals surface area contributed by atoms with Crippen molar-refractivity contribution < 1.29 is 28.5 Å². The van der Waals surface area contributed by atoms with Gasteiger partial charge in [-0.1, -0.05) is 6.07 Å². The van der Waals surface area contributed by atoms with Gasteiger partial charge < -0.3 is 29.0 Å². The second-order valence-corrected chi connectivity index (χ2v) is 5.65. The summed E-state index contributed by atoms with van der Waals surface area (Å²) < 4.78 is 26.9. The lowest BCUT2D eigenvalue weighted by Crippen LogP contribution is -2.36. The number of nitrogens with one attached hydrogen (secondary N) is 1. The Bertz CT molecular complexity index is 777. The maximum Gasteiger partial charge on any atom is 0.261 e. The molecule has 27 heavy (non-hydrogen) atoms. The Labute approximate surface area is 159 Å². The fourth-order valence-electron chi connectivity index (χ4n) is 2.56. The minimum Gasteiger partial charge on any atom is -0.497 e.